The Morgan fingerprint density at radius 2 is 1.96 bits per heavy atom. The third-order valence-corrected chi connectivity index (χ3v) is 5.48. The largest absolute Gasteiger partial charge is 0.338 e. The quantitative estimate of drug-likeness (QED) is 0.710. The summed E-state index contributed by atoms with van der Waals surface area (Å²) in [7, 11) is 0. The molecule has 0 amide bonds. The predicted octanol–water partition coefficient (Wildman–Crippen LogP) is 3.70. The fraction of sp³-hybridized carbons (Fsp3) is 0.333. The van der Waals surface area contributed by atoms with Gasteiger partial charge in [0.1, 0.15) is 11.8 Å². The summed E-state index contributed by atoms with van der Waals surface area (Å²) in [5.41, 5.74) is 8.99. The minimum Gasteiger partial charge on any atom is -0.338 e. The maximum atomic E-state index is 6.12. The number of likely N-dealkylation sites (tertiary alicyclic amines) is 1. The van der Waals surface area contributed by atoms with E-state index in [4.69, 9.17) is 28.9 Å². The SMILES string of the molecule is NC1CCN(Cc2ccn3ncnc(Nc4ccc(Cl)c(Cl)c4)c23)CC1. The van der Waals surface area contributed by atoms with Gasteiger partial charge in [0.05, 0.1) is 10.0 Å². The molecule has 1 aliphatic heterocycles. The van der Waals surface area contributed by atoms with Crippen molar-refractivity contribution in [2.24, 2.45) is 5.73 Å². The number of nitrogens with two attached hydrogens (primary N) is 1. The van der Waals surface area contributed by atoms with E-state index in [-0.39, 0.29) is 0 Å². The zero-order valence-electron chi connectivity index (χ0n) is 14.2. The Balaban J connectivity index is 1.62. The van der Waals surface area contributed by atoms with Crippen molar-refractivity contribution < 1.29 is 0 Å². The first-order chi connectivity index (χ1) is 12.6. The van der Waals surface area contributed by atoms with Crippen LogP contribution in [0.5, 0.6) is 0 Å². The van der Waals surface area contributed by atoms with E-state index >= 15 is 0 Å². The van der Waals surface area contributed by atoms with Crippen molar-refractivity contribution in [2.45, 2.75) is 25.4 Å². The number of nitrogens with zero attached hydrogens (tertiary/aromatic N) is 4. The lowest BCUT2D eigenvalue weighted by atomic mass is 10.1. The van der Waals surface area contributed by atoms with Crippen LogP contribution in [0.15, 0.2) is 36.8 Å². The normalized spacial score (nSPS) is 16.3. The molecule has 0 aliphatic carbocycles. The molecular weight excluding hydrogens is 371 g/mol. The number of aromatic nitrogens is 3. The molecule has 0 radical (unpaired) electrons. The molecule has 3 N–H and O–H groups in total. The van der Waals surface area contributed by atoms with Gasteiger partial charge in [-0.2, -0.15) is 5.10 Å². The molecule has 136 valence electrons. The summed E-state index contributed by atoms with van der Waals surface area (Å²) in [6.07, 6.45) is 5.58. The summed E-state index contributed by atoms with van der Waals surface area (Å²) >= 11 is 12.1. The van der Waals surface area contributed by atoms with Gasteiger partial charge in [0, 0.05) is 24.5 Å². The summed E-state index contributed by atoms with van der Waals surface area (Å²) in [6, 6.07) is 7.85. The summed E-state index contributed by atoms with van der Waals surface area (Å²) in [4.78, 5) is 6.86. The second-order valence-electron chi connectivity index (χ2n) is 6.61. The number of benzene rings is 1. The van der Waals surface area contributed by atoms with Crippen LogP contribution in [-0.2, 0) is 6.54 Å². The molecule has 0 atom stereocenters. The molecule has 26 heavy (non-hydrogen) atoms. The molecule has 0 spiro atoms. The van der Waals surface area contributed by atoms with Gasteiger partial charge >= 0.3 is 0 Å². The summed E-state index contributed by atoms with van der Waals surface area (Å²) in [6.45, 7) is 2.89. The lowest BCUT2D eigenvalue weighted by Gasteiger charge is -2.29. The first-order valence-corrected chi connectivity index (χ1v) is 9.37. The van der Waals surface area contributed by atoms with Gasteiger partial charge in [-0.1, -0.05) is 23.2 Å². The number of rotatable bonds is 4. The van der Waals surface area contributed by atoms with Gasteiger partial charge in [-0.25, -0.2) is 9.50 Å². The van der Waals surface area contributed by atoms with E-state index in [1.54, 1.807) is 12.1 Å². The number of hydrogen-bond acceptors (Lipinski definition) is 5. The van der Waals surface area contributed by atoms with Gasteiger partial charge in [-0.15, -0.1) is 0 Å². The third kappa shape index (κ3) is 3.64. The van der Waals surface area contributed by atoms with Crippen LogP contribution < -0.4 is 11.1 Å². The highest BCUT2D eigenvalue weighted by Gasteiger charge is 2.18. The van der Waals surface area contributed by atoms with E-state index in [2.05, 4.69) is 26.4 Å². The lowest BCUT2D eigenvalue weighted by Crippen LogP contribution is -2.39. The molecule has 3 heterocycles. The molecule has 1 aliphatic rings. The molecule has 2 aromatic heterocycles. The van der Waals surface area contributed by atoms with E-state index in [9.17, 15) is 0 Å². The van der Waals surface area contributed by atoms with Crippen LogP contribution >= 0.6 is 23.2 Å². The molecule has 3 aromatic rings. The molecule has 6 nitrogen and oxygen atoms in total. The van der Waals surface area contributed by atoms with Crippen LogP contribution in [0.4, 0.5) is 11.5 Å². The van der Waals surface area contributed by atoms with E-state index in [0.29, 0.717) is 16.1 Å². The fourth-order valence-corrected chi connectivity index (χ4v) is 3.60. The standard InChI is InChI=1S/C18H20Cl2N6/c19-15-2-1-14(9-16(15)20)24-18-17-12(3-8-26(17)23-11-22-18)10-25-6-4-13(21)5-7-25/h1-3,8-9,11,13H,4-7,10,21H2,(H,22,23,24). The first-order valence-electron chi connectivity index (χ1n) is 8.61. The van der Waals surface area contributed by atoms with E-state index in [0.717, 1.165) is 49.5 Å². The number of hydrogen-bond donors (Lipinski definition) is 2. The summed E-state index contributed by atoms with van der Waals surface area (Å²) < 4.78 is 1.85. The summed E-state index contributed by atoms with van der Waals surface area (Å²) in [5, 5.41) is 8.68. The van der Waals surface area contributed by atoms with E-state index < -0.39 is 0 Å². The highest BCUT2D eigenvalue weighted by molar-refractivity contribution is 6.42. The van der Waals surface area contributed by atoms with Crippen LogP contribution in [0.1, 0.15) is 18.4 Å². The number of anilines is 2. The third-order valence-electron chi connectivity index (χ3n) is 4.75. The maximum Gasteiger partial charge on any atom is 0.158 e. The Hall–Kier alpha value is -1.86. The number of halogens is 2. The average molecular weight is 391 g/mol. The van der Waals surface area contributed by atoms with Crippen LogP contribution in [0.2, 0.25) is 10.0 Å². The van der Waals surface area contributed by atoms with Gasteiger partial charge in [0.25, 0.3) is 0 Å². The maximum absolute atomic E-state index is 6.12. The number of fused-ring (bicyclic) bond motifs is 1. The second-order valence-corrected chi connectivity index (χ2v) is 7.42. The van der Waals surface area contributed by atoms with Crippen LogP contribution in [0, 0.1) is 0 Å². The van der Waals surface area contributed by atoms with Gasteiger partial charge in [0.2, 0.25) is 0 Å². The van der Waals surface area contributed by atoms with Crippen molar-refractivity contribution in [2.75, 3.05) is 18.4 Å². The molecule has 1 aromatic carbocycles. The lowest BCUT2D eigenvalue weighted by molar-refractivity contribution is 0.206. The van der Waals surface area contributed by atoms with Crippen molar-refractivity contribution in [1.29, 1.82) is 0 Å². The Labute approximate surface area is 161 Å². The Bertz CT molecular complexity index is 917. The highest BCUT2D eigenvalue weighted by Crippen LogP contribution is 2.29. The molecule has 8 heteroatoms. The van der Waals surface area contributed by atoms with E-state index in [1.807, 2.05) is 16.8 Å². The van der Waals surface area contributed by atoms with Crippen LogP contribution in [-0.4, -0.2) is 38.6 Å². The molecule has 0 bridgehead atoms. The Morgan fingerprint density at radius 1 is 1.15 bits per heavy atom. The fourth-order valence-electron chi connectivity index (χ4n) is 3.30. The molecule has 0 unspecified atom stereocenters. The van der Waals surface area contributed by atoms with Crippen molar-refractivity contribution in [1.82, 2.24) is 19.5 Å². The van der Waals surface area contributed by atoms with Crippen molar-refractivity contribution in [3.05, 3.63) is 52.4 Å². The molecule has 1 fully saturated rings. The van der Waals surface area contributed by atoms with Gasteiger partial charge in [-0.05, 0) is 55.8 Å². The predicted molar refractivity (Wildman–Crippen MR) is 105 cm³/mol. The van der Waals surface area contributed by atoms with Gasteiger partial charge < -0.3 is 11.1 Å². The van der Waals surface area contributed by atoms with E-state index in [1.165, 1.54) is 11.9 Å². The van der Waals surface area contributed by atoms with Crippen molar-refractivity contribution in [3.8, 4) is 0 Å². The molecule has 1 saturated heterocycles. The Kier molecular flexibility index (Phi) is 5.00. The smallest absolute Gasteiger partial charge is 0.158 e. The first kappa shape index (κ1) is 17.5. The second kappa shape index (κ2) is 7.40. The number of nitrogens with one attached hydrogen (secondary N) is 1. The zero-order valence-corrected chi connectivity index (χ0v) is 15.7. The minimum absolute atomic E-state index is 0.326. The monoisotopic (exact) mass is 390 g/mol. The van der Waals surface area contributed by atoms with Crippen LogP contribution in [0.25, 0.3) is 5.52 Å². The topological polar surface area (TPSA) is 71.5 Å². The average Bonchev–Trinajstić information content (AvgIpc) is 3.04. The highest BCUT2D eigenvalue weighted by atomic mass is 35.5. The van der Waals surface area contributed by atoms with Gasteiger partial charge in [-0.3, -0.25) is 4.90 Å². The van der Waals surface area contributed by atoms with Crippen molar-refractivity contribution in [3.63, 3.8) is 0 Å². The van der Waals surface area contributed by atoms with Crippen molar-refractivity contribution >= 4 is 40.2 Å². The van der Waals surface area contributed by atoms with Crippen LogP contribution in [0.3, 0.4) is 0 Å². The molecule has 0 saturated carbocycles. The summed E-state index contributed by atoms with van der Waals surface area (Å²) in [5.74, 6) is 0.743. The molecular formula is C18H20Cl2N6. The number of piperidine rings is 1. The molecule has 4 rings (SSSR count). The van der Waals surface area contributed by atoms with Gasteiger partial charge in [0.15, 0.2) is 5.82 Å². The minimum atomic E-state index is 0.326. The Morgan fingerprint density at radius 3 is 2.73 bits per heavy atom. The zero-order chi connectivity index (χ0) is 18.1.